The standard InChI is InChI=1S/C10H14N2O2/c1-6(2)8-4-7(10(13)14-3)5-12-9(8)11/h4-6H,1-3H3,(H2,11,12). The summed E-state index contributed by atoms with van der Waals surface area (Å²) in [5, 5.41) is 0. The van der Waals surface area contributed by atoms with Gasteiger partial charge in [0.25, 0.3) is 0 Å². The lowest BCUT2D eigenvalue weighted by Crippen LogP contribution is -2.06. The average molecular weight is 194 g/mol. The molecule has 1 heterocycles. The number of rotatable bonds is 2. The zero-order valence-electron chi connectivity index (χ0n) is 8.57. The third kappa shape index (κ3) is 2.02. The lowest BCUT2D eigenvalue weighted by atomic mass is 10.0. The van der Waals surface area contributed by atoms with E-state index in [1.54, 1.807) is 6.07 Å². The van der Waals surface area contributed by atoms with Crippen molar-refractivity contribution in [3.8, 4) is 0 Å². The van der Waals surface area contributed by atoms with Crippen LogP contribution < -0.4 is 5.73 Å². The highest BCUT2D eigenvalue weighted by molar-refractivity contribution is 5.89. The van der Waals surface area contributed by atoms with Crippen molar-refractivity contribution in [2.45, 2.75) is 19.8 Å². The molecule has 0 amide bonds. The van der Waals surface area contributed by atoms with Crippen molar-refractivity contribution in [3.05, 3.63) is 23.4 Å². The predicted octanol–water partition coefficient (Wildman–Crippen LogP) is 1.57. The first-order valence-electron chi connectivity index (χ1n) is 4.40. The maximum absolute atomic E-state index is 11.2. The first kappa shape index (κ1) is 10.5. The summed E-state index contributed by atoms with van der Waals surface area (Å²) in [5.41, 5.74) is 6.97. The molecule has 1 aromatic heterocycles. The first-order chi connectivity index (χ1) is 6.56. The van der Waals surface area contributed by atoms with E-state index in [1.807, 2.05) is 13.8 Å². The second kappa shape index (κ2) is 4.09. The van der Waals surface area contributed by atoms with Crippen molar-refractivity contribution < 1.29 is 9.53 Å². The summed E-state index contributed by atoms with van der Waals surface area (Å²) in [6, 6.07) is 1.72. The number of ether oxygens (including phenoxy) is 1. The second-order valence-electron chi connectivity index (χ2n) is 3.34. The van der Waals surface area contributed by atoms with Gasteiger partial charge in [-0.05, 0) is 17.5 Å². The molecular formula is C10H14N2O2. The highest BCUT2D eigenvalue weighted by atomic mass is 16.5. The third-order valence-electron chi connectivity index (χ3n) is 1.99. The highest BCUT2D eigenvalue weighted by Gasteiger charge is 2.11. The highest BCUT2D eigenvalue weighted by Crippen LogP contribution is 2.20. The number of nitrogen functional groups attached to an aromatic ring is 1. The molecule has 1 rings (SSSR count). The van der Waals surface area contributed by atoms with Gasteiger partial charge in [0.15, 0.2) is 0 Å². The largest absolute Gasteiger partial charge is 0.465 e. The van der Waals surface area contributed by atoms with Gasteiger partial charge in [-0.2, -0.15) is 0 Å². The molecule has 2 N–H and O–H groups in total. The minimum absolute atomic E-state index is 0.243. The molecule has 4 nitrogen and oxygen atoms in total. The molecule has 0 atom stereocenters. The molecule has 0 aliphatic carbocycles. The topological polar surface area (TPSA) is 65.2 Å². The van der Waals surface area contributed by atoms with Crippen LogP contribution in [0, 0.1) is 0 Å². The lowest BCUT2D eigenvalue weighted by molar-refractivity contribution is 0.0600. The Morgan fingerprint density at radius 3 is 2.71 bits per heavy atom. The molecule has 0 saturated carbocycles. The molecule has 1 aromatic rings. The van der Waals surface area contributed by atoms with Crippen LogP contribution in [-0.2, 0) is 4.74 Å². The number of esters is 1. The van der Waals surface area contributed by atoms with Crippen LogP contribution in [0.4, 0.5) is 5.82 Å². The molecule has 0 radical (unpaired) electrons. The van der Waals surface area contributed by atoms with Crippen LogP contribution in [0.2, 0.25) is 0 Å². The van der Waals surface area contributed by atoms with E-state index in [9.17, 15) is 4.79 Å². The summed E-state index contributed by atoms with van der Waals surface area (Å²) < 4.78 is 4.59. The normalized spacial score (nSPS) is 10.3. The van der Waals surface area contributed by atoms with Gasteiger partial charge in [0.05, 0.1) is 12.7 Å². The lowest BCUT2D eigenvalue weighted by Gasteiger charge is -2.09. The van der Waals surface area contributed by atoms with E-state index in [4.69, 9.17) is 5.73 Å². The summed E-state index contributed by atoms with van der Waals surface area (Å²) in [6.45, 7) is 3.99. The Bertz CT molecular complexity index is 348. The number of pyridine rings is 1. The zero-order valence-corrected chi connectivity index (χ0v) is 8.57. The molecule has 0 saturated heterocycles. The van der Waals surface area contributed by atoms with Crippen molar-refractivity contribution in [1.82, 2.24) is 4.98 Å². The van der Waals surface area contributed by atoms with E-state index < -0.39 is 0 Å². The Labute approximate surface area is 83.1 Å². The number of nitrogens with zero attached hydrogens (tertiary/aromatic N) is 1. The van der Waals surface area contributed by atoms with Crippen molar-refractivity contribution in [2.24, 2.45) is 0 Å². The maximum atomic E-state index is 11.2. The Morgan fingerprint density at radius 1 is 1.57 bits per heavy atom. The summed E-state index contributed by atoms with van der Waals surface area (Å²) in [7, 11) is 1.34. The van der Waals surface area contributed by atoms with Crippen LogP contribution in [0.5, 0.6) is 0 Å². The van der Waals surface area contributed by atoms with Crippen LogP contribution in [0.1, 0.15) is 35.7 Å². The first-order valence-corrected chi connectivity index (χ1v) is 4.40. The molecule has 0 spiro atoms. The monoisotopic (exact) mass is 194 g/mol. The van der Waals surface area contributed by atoms with E-state index >= 15 is 0 Å². The smallest absolute Gasteiger partial charge is 0.339 e. The van der Waals surface area contributed by atoms with E-state index in [0.29, 0.717) is 11.4 Å². The average Bonchev–Trinajstić information content (AvgIpc) is 2.17. The van der Waals surface area contributed by atoms with Crippen molar-refractivity contribution in [3.63, 3.8) is 0 Å². The van der Waals surface area contributed by atoms with Gasteiger partial charge in [-0.3, -0.25) is 0 Å². The van der Waals surface area contributed by atoms with Gasteiger partial charge in [-0.15, -0.1) is 0 Å². The second-order valence-corrected chi connectivity index (χ2v) is 3.34. The predicted molar refractivity (Wildman–Crippen MR) is 54.1 cm³/mol. The fourth-order valence-corrected chi connectivity index (χ4v) is 1.18. The summed E-state index contributed by atoms with van der Waals surface area (Å²) in [6.07, 6.45) is 1.42. The summed E-state index contributed by atoms with van der Waals surface area (Å²) in [4.78, 5) is 15.1. The number of carbonyl (C=O) groups is 1. The van der Waals surface area contributed by atoms with Crippen LogP contribution in [0.15, 0.2) is 12.3 Å². The molecule has 14 heavy (non-hydrogen) atoms. The maximum Gasteiger partial charge on any atom is 0.339 e. The van der Waals surface area contributed by atoms with E-state index in [1.165, 1.54) is 13.3 Å². The number of hydrogen-bond donors (Lipinski definition) is 1. The van der Waals surface area contributed by atoms with Gasteiger partial charge in [-0.1, -0.05) is 13.8 Å². The fourth-order valence-electron chi connectivity index (χ4n) is 1.18. The molecule has 0 aromatic carbocycles. The van der Waals surface area contributed by atoms with Crippen molar-refractivity contribution in [2.75, 3.05) is 12.8 Å². The van der Waals surface area contributed by atoms with Crippen molar-refractivity contribution >= 4 is 11.8 Å². The number of carbonyl (C=O) groups excluding carboxylic acids is 1. The molecular weight excluding hydrogens is 180 g/mol. The Kier molecular flexibility index (Phi) is 3.06. The summed E-state index contributed by atoms with van der Waals surface area (Å²) in [5.74, 6) is 0.319. The molecule has 0 fully saturated rings. The van der Waals surface area contributed by atoms with Gasteiger partial charge >= 0.3 is 5.97 Å². The zero-order chi connectivity index (χ0) is 10.7. The van der Waals surface area contributed by atoms with Gasteiger partial charge in [0.2, 0.25) is 0 Å². The molecule has 76 valence electrons. The fraction of sp³-hybridized carbons (Fsp3) is 0.400. The number of anilines is 1. The van der Waals surface area contributed by atoms with Gasteiger partial charge < -0.3 is 10.5 Å². The number of aromatic nitrogens is 1. The quantitative estimate of drug-likeness (QED) is 0.726. The number of hydrogen-bond acceptors (Lipinski definition) is 4. The number of methoxy groups -OCH3 is 1. The Balaban J connectivity index is 3.13. The molecule has 0 bridgehead atoms. The summed E-state index contributed by atoms with van der Waals surface area (Å²) >= 11 is 0. The van der Waals surface area contributed by atoms with Gasteiger partial charge in [-0.25, -0.2) is 9.78 Å². The molecule has 4 heteroatoms. The van der Waals surface area contributed by atoms with Crippen molar-refractivity contribution in [1.29, 1.82) is 0 Å². The van der Waals surface area contributed by atoms with Crippen LogP contribution in [-0.4, -0.2) is 18.1 Å². The van der Waals surface area contributed by atoms with E-state index in [-0.39, 0.29) is 11.9 Å². The number of nitrogens with two attached hydrogens (primary N) is 1. The molecule has 0 aliphatic rings. The van der Waals surface area contributed by atoms with Crippen LogP contribution in [0.3, 0.4) is 0 Å². The minimum atomic E-state index is -0.389. The van der Waals surface area contributed by atoms with E-state index in [2.05, 4.69) is 9.72 Å². The Hall–Kier alpha value is -1.58. The third-order valence-corrected chi connectivity index (χ3v) is 1.99. The SMILES string of the molecule is COC(=O)c1cnc(N)c(C(C)C)c1. The van der Waals surface area contributed by atoms with Gasteiger partial charge in [0, 0.05) is 6.20 Å². The molecule has 0 unspecified atom stereocenters. The minimum Gasteiger partial charge on any atom is -0.465 e. The molecule has 0 aliphatic heterocycles. The van der Waals surface area contributed by atoms with Crippen LogP contribution >= 0.6 is 0 Å². The van der Waals surface area contributed by atoms with Crippen LogP contribution in [0.25, 0.3) is 0 Å². The Morgan fingerprint density at radius 2 is 2.21 bits per heavy atom. The van der Waals surface area contributed by atoms with E-state index in [0.717, 1.165) is 5.56 Å². The van der Waals surface area contributed by atoms with Gasteiger partial charge in [0.1, 0.15) is 5.82 Å².